The highest BCUT2D eigenvalue weighted by Crippen LogP contribution is 2.04. The molecular weight excluding hydrogens is 207 g/mol. The van der Waals surface area contributed by atoms with E-state index in [9.17, 15) is 4.39 Å². The predicted molar refractivity (Wildman–Crippen MR) is 57.9 cm³/mol. The molecule has 0 aliphatic rings. The van der Waals surface area contributed by atoms with E-state index in [1.807, 2.05) is 12.1 Å². The van der Waals surface area contributed by atoms with Gasteiger partial charge in [0.2, 0.25) is 0 Å². The van der Waals surface area contributed by atoms with Crippen LogP contribution in [0.4, 0.5) is 4.39 Å². The molecule has 0 aliphatic heterocycles. The van der Waals surface area contributed by atoms with Gasteiger partial charge in [-0.2, -0.15) is 11.1 Å². The summed E-state index contributed by atoms with van der Waals surface area (Å²) in [5.74, 6) is -0.167. The standard InChI is InChI=1S/C8H12ClFSi2/c1-12(2,11-9)8-5-3-7(10)4-6-8/h3-6H,11H2,1-2H3. The Morgan fingerprint density at radius 2 is 1.75 bits per heavy atom. The van der Waals surface area contributed by atoms with Gasteiger partial charge in [-0.05, 0) is 12.1 Å². The second-order valence-corrected chi connectivity index (χ2v) is 16.6. The first-order valence-corrected chi connectivity index (χ1v) is 11.3. The van der Waals surface area contributed by atoms with E-state index in [0.717, 1.165) is 0 Å². The van der Waals surface area contributed by atoms with E-state index < -0.39 is 15.9 Å². The van der Waals surface area contributed by atoms with Crippen LogP contribution in [0.1, 0.15) is 0 Å². The van der Waals surface area contributed by atoms with Gasteiger partial charge in [-0.3, -0.25) is 0 Å². The lowest BCUT2D eigenvalue weighted by atomic mass is 10.3. The molecule has 0 unspecified atom stereocenters. The summed E-state index contributed by atoms with van der Waals surface area (Å²) in [6.07, 6.45) is 0. The Bertz CT molecular complexity index is 258. The van der Waals surface area contributed by atoms with Crippen LogP contribution in [-0.4, -0.2) is 15.9 Å². The number of hydrogen-bond donors (Lipinski definition) is 0. The molecule has 0 N–H and O–H groups in total. The van der Waals surface area contributed by atoms with Gasteiger partial charge in [0.25, 0.3) is 0 Å². The van der Waals surface area contributed by atoms with Crippen LogP contribution in [0.2, 0.25) is 13.1 Å². The van der Waals surface area contributed by atoms with Gasteiger partial charge in [-0.25, -0.2) is 4.39 Å². The quantitative estimate of drug-likeness (QED) is 0.522. The normalized spacial score (nSPS) is 12.7. The van der Waals surface area contributed by atoms with Crippen molar-refractivity contribution in [1.82, 2.24) is 0 Å². The minimum absolute atomic E-state index is 0.167. The van der Waals surface area contributed by atoms with Crippen LogP contribution in [0.5, 0.6) is 0 Å². The summed E-state index contributed by atoms with van der Waals surface area (Å²) < 4.78 is 12.6. The summed E-state index contributed by atoms with van der Waals surface area (Å²) in [6, 6.07) is 6.78. The summed E-state index contributed by atoms with van der Waals surface area (Å²) >= 11 is 5.97. The molecule has 4 heteroatoms. The largest absolute Gasteiger partial charge is 0.207 e. The van der Waals surface area contributed by atoms with Crippen LogP contribution in [-0.2, 0) is 0 Å². The maximum absolute atomic E-state index is 12.6. The molecule has 0 saturated carbocycles. The minimum Gasteiger partial charge on any atom is -0.207 e. The fourth-order valence-corrected chi connectivity index (χ4v) is 4.76. The maximum Gasteiger partial charge on any atom is 0.123 e. The van der Waals surface area contributed by atoms with Crippen LogP contribution >= 0.6 is 11.1 Å². The molecule has 0 saturated heterocycles. The summed E-state index contributed by atoms with van der Waals surface area (Å²) in [5.41, 5.74) is 0. The second-order valence-electron chi connectivity index (χ2n) is 3.52. The lowest BCUT2D eigenvalue weighted by Gasteiger charge is -2.18. The molecule has 0 radical (unpaired) electrons. The Balaban J connectivity index is 2.96. The van der Waals surface area contributed by atoms with Crippen molar-refractivity contribution in [2.45, 2.75) is 13.1 Å². The number of halogens is 2. The molecule has 0 spiro atoms. The highest BCUT2D eigenvalue weighted by atomic mass is 35.6. The summed E-state index contributed by atoms with van der Waals surface area (Å²) in [6.45, 7) is 4.47. The zero-order chi connectivity index (χ0) is 9.19. The van der Waals surface area contributed by atoms with Gasteiger partial charge >= 0.3 is 0 Å². The first-order chi connectivity index (χ1) is 5.56. The molecule has 0 atom stereocenters. The molecule has 1 rings (SSSR count). The molecule has 0 fully saturated rings. The van der Waals surface area contributed by atoms with Gasteiger partial charge < -0.3 is 0 Å². The molecule has 0 nitrogen and oxygen atoms in total. The van der Waals surface area contributed by atoms with E-state index >= 15 is 0 Å². The van der Waals surface area contributed by atoms with Gasteiger partial charge in [-0.15, -0.1) is 0 Å². The third-order valence-electron chi connectivity index (χ3n) is 1.96. The van der Waals surface area contributed by atoms with Crippen molar-refractivity contribution in [3.05, 3.63) is 30.1 Å². The molecule has 0 heterocycles. The van der Waals surface area contributed by atoms with Gasteiger partial charge in [0.1, 0.15) is 14.2 Å². The van der Waals surface area contributed by atoms with Crippen LogP contribution in [0.3, 0.4) is 0 Å². The van der Waals surface area contributed by atoms with Crippen molar-refractivity contribution in [1.29, 1.82) is 0 Å². The van der Waals surface area contributed by atoms with E-state index in [1.165, 1.54) is 17.3 Å². The second kappa shape index (κ2) is 3.72. The summed E-state index contributed by atoms with van der Waals surface area (Å²) in [5, 5.41) is 1.27. The topological polar surface area (TPSA) is 0 Å². The molecule has 1 aromatic carbocycles. The van der Waals surface area contributed by atoms with Crippen molar-refractivity contribution in [3.63, 3.8) is 0 Å². The van der Waals surface area contributed by atoms with E-state index in [-0.39, 0.29) is 5.82 Å². The molecule has 0 aromatic heterocycles. The van der Waals surface area contributed by atoms with Crippen LogP contribution in [0.15, 0.2) is 24.3 Å². The Labute approximate surface area is 80.1 Å². The first kappa shape index (κ1) is 9.96. The average molecular weight is 219 g/mol. The minimum atomic E-state index is -1.34. The smallest absolute Gasteiger partial charge is 0.123 e. The van der Waals surface area contributed by atoms with E-state index in [0.29, 0.717) is 0 Å². The van der Waals surface area contributed by atoms with Crippen LogP contribution in [0, 0.1) is 5.82 Å². The van der Waals surface area contributed by atoms with Crippen LogP contribution in [0.25, 0.3) is 0 Å². The Morgan fingerprint density at radius 3 is 2.17 bits per heavy atom. The highest BCUT2D eigenvalue weighted by molar-refractivity contribution is 7.45. The van der Waals surface area contributed by atoms with E-state index in [1.54, 1.807) is 0 Å². The molecule has 66 valence electrons. The van der Waals surface area contributed by atoms with Gasteiger partial charge in [-0.1, -0.05) is 30.4 Å². The molecule has 12 heavy (non-hydrogen) atoms. The first-order valence-electron chi connectivity index (χ1n) is 3.88. The third-order valence-corrected chi connectivity index (χ3v) is 13.8. The Kier molecular flexibility index (Phi) is 3.09. The number of hydrogen-bond acceptors (Lipinski definition) is 0. The third kappa shape index (κ3) is 2.18. The van der Waals surface area contributed by atoms with Gasteiger partial charge in [0.05, 0.1) is 7.59 Å². The van der Waals surface area contributed by atoms with Gasteiger partial charge in [0.15, 0.2) is 0 Å². The SMILES string of the molecule is C[Si](C)([SiH2]Cl)c1ccc(F)cc1. The average Bonchev–Trinajstić information content (AvgIpc) is 2.05. The van der Waals surface area contributed by atoms with Crippen molar-refractivity contribution < 1.29 is 4.39 Å². The van der Waals surface area contributed by atoms with E-state index in [2.05, 4.69) is 13.1 Å². The van der Waals surface area contributed by atoms with E-state index in [4.69, 9.17) is 11.1 Å². The van der Waals surface area contributed by atoms with Crippen LogP contribution < -0.4 is 5.19 Å². The molecule has 1 aromatic rings. The molecule has 0 bridgehead atoms. The fourth-order valence-electron chi connectivity index (χ4n) is 0.978. The number of benzene rings is 1. The predicted octanol–water partition coefficient (Wildman–Crippen LogP) is 1.56. The molecule has 0 aliphatic carbocycles. The lowest BCUT2D eigenvalue weighted by molar-refractivity contribution is 0.628. The van der Waals surface area contributed by atoms with Crippen molar-refractivity contribution in [2.24, 2.45) is 0 Å². The molecule has 0 amide bonds. The zero-order valence-corrected chi connectivity index (χ0v) is 10.4. The Hall–Kier alpha value is -0.126. The summed E-state index contributed by atoms with van der Waals surface area (Å²) in [4.78, 5) is 0. The number of rotatable bonds is 2. The zero-order valence-electron chi connectivity index (χ0n) is 7.27. The molecular formula is C8H12ClFSi2. The monoisotopic (exact) mass is 218 g/mol. The lowest BCUT2D eigenvalue weighted by Crippen LogP contribution is -2.45. The van der Waals surface area contributed by atoms with Crippen molar-refractivity contribution >= 4 is 32.2 Å². The Morgan fingerprint density at radius 1 is 1.25 bits per heavy atom. The van der Waals surface area contributed by atoms with Crippen molar-refractivity contribution in [2.75, 3.05) is 0 Å². The highest BCUT2D eigenvalue weighted by Gasteiger charge is 2.22. The fraction of sp³-hybridized carbons (Fsp3) is 0.250. The summed E-state index contributed by atoms with van der Waals surface area (Å²) in [7, 11) is -1.82. The maximum atomic E-state index is 12.6. The van der Waals surface area contributed by atoms with Crippen molar-refractivity contribution in [3.8, 4) is 0 Å². The van der Waals surface area contributed by atoms with Gasteiger partial charge in [0, 0.05) is 0 Å².